The molecule has 1 amide bonds. The molecule has 0 saturated carbocycles. The van der Waals surface area contributed by atoms with Gasteiger partial charge in [0.2, 0.25) is 10.0 Å². The van der Waals surface area contributed by atoms with Gasteiger partial charge in [0.15, 0.2) is 0 Å². The second-order valence-electron chi connectivity index (χ2n) is 9.78. The van der Waals surface area contributed by atoms with Crippen LogP contribution in [0.5, 0.6) is 0 Å². The monoisotopic (exact) mass is 593 g/mol. The first kappa shape index (κ1) is 29.6. The number of primary sulfonamides is 1. The van der Waals surface area contributed by atoms with Gasteiger partial charge in [-0.2, -0.15) is 0 Å². The standard InChI is InChI=1S/C33H31N5O4S/c34-43(40,41)30-20-18-28(19-21-30)33(39)35-23-29-24-38(37-36-29)31(26-14-6-2-7-15-26)32(27-16-8-3-9-17-27)42-22-10-13-25-11-4-1-5-12-25/h1-21,24,31-32H,22-23H2,(H,35,39)(H2,34,40,41)/b13-10+/t31-,32+/m0/s1. The third kappa shape index (κ3) is 7.89. The lowest BCUT2D eigenvalue weighted by atomic mass is 9.95. The van der Waals surface area contributed by atoms with Crippen LogP contribution in [0, 0.1) is 0 Å². The number of amides is 1. The van der Waals surface area contributed by atoms with Crippen molar-refractivity contribution in [1.82, 2.24) is 20.3 Å². The van der Waals surface area contributed by atoms with Gasteiger partial charge >= 0.3 is 0 Å². The third-order valence-electron chi connectivity index (χ3n) is 6.76. The molecule has 10 heteroatoms. The van der Waals surface area contributed by atoms with E-state index in [1.165, 1.54) is 24.3 Å². The summed E-state index contributed by atoms with van der Waals surface area (Å²) in [7, 11) is -3.84. The van der Waals surface area contributed by atoms with E-state index >= 15 is 0 Å². The minimum atomic E-state index is -3.84. The molecule has 2 atom stereocenters. The zero-order chi connectivity index (χ0) is 30.1. The lowest BCUT2D eigenvalue weighted by Crippen LogP contribution is -2.23. The van der Waals surface area contributed by atoms with Gasteiger partial charge in [0, 0.05) is 5.56 Å². The molecule has 0 fully saturated rings. The van der Waals surface area contributed by atoms with Gasteiger partial charge in [-0.25, -0.2) is 18.2 Å². The van der Waals surface area contributed by atoms with Crippen LogP contribution in [0.3, 0.4) is 0 Å². The van der Waals surface area contributed by atoms with Gasteiger partial charge in [0.25, 0.3) is 5.91 Å². The molecule has 0 radical (unpaired) electrons. The summed E-state index contributed by atoms with van der Waals surface area (Å²) >= 11 is 0. The second-order valence-corrected chi connectivity index (χ2v) is 11.3. The number of hydrogen-bond donors (Lipinski definition) is 2. The SMILES string of the molecule is NS(=O)(=O)c1ccc(C(=O)NCc2cn([C@@H](c3ccccc3)[C@H](OC/C=C/c3ccccc3)c3ccccc3)nn2)cc1. The molecule has 5 aromatic rings. The predicted octanol–water partition coefficient (Wildman–Crippen LogP) is 4.92. The summed E-state index contributed by atoms with van der Waals surface area (Å²) in [5.41, 5.74) is 3.90. The molecule has 0 spiro atoms. The second kappa shape index (κ2) is 13.8. The number of benzene rings is 4. The Hall–Kier alpha value is -4.90. The Labute approximate surface area is 250 Å². The fourth-order valence-corrected chi connectivity index (χ4v) is 5.15. The molecule has 0 aliphatic carbocycles. The molecule has 0 unspecified atom stereocenters. The summed E-state index contributed by atoms with van der Waals surface area (Å²) < 4.78 is 31.3. The summed E-state index contributed by atoms with van der Waals surface area (Å²) in [5, 5.41) is 16.7. The van der Waals surface area contributed by atoms with Crippen LogP contribution >= 0.6 is 0 Å². The normalized spacial score (nSPS) is 13.0. The van der Waals surface area contributed by atoms with Crippen LogP contribution in [0.1, 0.15) is 44.9 Å². The van der Waals surface area contributed by atoms with Gasteiger partial charge in [-0.05, 0) is 41.0 Å². The van der Waals surface area contributed by atoms with Crippen molar-refractivity contribution in [2.45, 2.75) is 23.6 Å². The van der Waals surface area contributed by atoms with E-state index in [0.29, 0.717) is 17.9 Å². The molecular formula is C33H31N5O4S. The molecule has 0 saturated heterocycles. The van der Waals surface area contributed by atoms with Crippen LogP contribution in [-0.2, 0) is 21.3 Å². The van der Waals surface area contributed by atoms with E-state index in [-0.39, 0.29) is 23.4 Å². The van der Waals surface area contributed by atoms with E-state index in [1.807, 2.05) is 103 Å². The lowest BCUT2D eigenvalue weighted by Gasteiger charge is -2.28. The summed E-state index contributed by atoms with van der Waals surface area (Å²) in [5.74, 6) is -0.383. The predicted molar refractivity (Wildman–Crippen MR) is 164 cm³/mol. The number of nitrogens with two attached hydrogens (primary N) is 1. The van der Waals surface area contributed by atoms with Crippen LogP contribution in [0.2, 0.25) is 0 Å². The van der Waals surface area contributed by atoms with Crippen molar-refractivity contribution in [3.8, 4) is 0 Å². The van der Waals surface area contributed by atoms with Gasteiger partial charge in [0.05, 0.1) is 24.2 Å². The van der Waals surface area contributed by atoms with Crippen LogP contribution in [0.4, 0.5) is 0 Å². The molecule has 218 valence electrons. The Kier molecular flexibility index (Phi) is 9.52. The largest absolute Gasteiger partial charge is 0.367 e. The van der Waals surface area contributed by atoms with Crippen molar-refractivity contribution in [3.63, 3.8) is 0 Å². The number of hydrogen-bond acceptors (Lipinski definition) is 6. The average Bonchev–Trinajstić information content (AvgIpc) is 3.51. The van der Waals surface area contributed by atoms with Crippen LogP contribution in [-0.4, -0.2) is 35.9 Å². The van der Waals surface area contributed by atoms with Crippen LogP contribution in [0.25, 0.3) is 6.08 Å². The van der Waals surface area contributed by atoms with Crippen molar-refractivity contribution in [2.75, 3.05) is 6.61 Å². The number of nitrogens with zero attached hydrogens (tertiary/aromatic N) is 3. The molecule has 43 heavy (non-hydrogen) atoms. The molecule has 1 heterocycles. The van der Waals surface area contributed by atoms with Crippen LogP contribution in [0.15, 0.2) is 132 Å². The maximum Gasteiger partial charge on any atom is 0.251 e. The van der Waals surface area contributed by atoms with Crippen molar-refractivity contribution in [1.29, 1.82) is 0 Å². The van der Waals surface area contributed by atoms with E-state index in [9.17, 15) is 13.2 Å². The number of nitrogens with one attached hydrogen (secondary N) is 1. The summed E-state index contributed by atoms with van der Waals surface area (Å²) in [4.78, 5) is 12.6. The molecular weight excluding hydrogens is 562 g/mol. The van der Waals surface area contributed by atoms with Gasteiger partial charge in [-0.3, -0.25) is 4.79 Å². The average molecular weight is 594 g/mol. The van der Waals surface area contributed by atoms with Gasteiger partial charge < -0.3 is 10.1 Å². The summed E-state index contributed by atoms with van der Waals surface area (Å²) in [6.07, 6.45) is 5.41. The number of rotatable bonds is 12. The molecule has 9 nitrogen and oxygen atoms in total. The minimum absolute atomic E-state index is 0.0651. The Morgan fingerprint density at radius 1 is 0.860 bits per heavy atom. The van der Waals surface area contributed by atoms with Crippen molar-refractivity contribution < 1.29 is 17.9 Å². The fraction of sp³-hybridized carbons (Fsp3) is 0.121. The first-order chi connectivity index (χ1) is 20.9. The van der Waals surface area contributed by atoms with E-state index in [0.717, 1.165) is 16.7 Å². The highest BCUT2D eigenvalue weighted by Crippen LogP contribution is 2.35. The highest BCUT2D eigenvalue weighted by atomic mass is 32.2. The quantitative estimate of drug-likeness (QED) is 0.211. The van der Waals surface area contributed by atoms with Crippen molar-refractivity contribution in [3.05, 3.63) is 155 Å². The minimum Gasteiger partial charge on any atom is -0.367 e. The van der Waals surface area contributed by atoms with Gasteiger partial charge in [-0.1, -0.05) is 108 Å². The highest BCUT2D eigenvalue weighted by Gasteiger charge is 2.28. The maximum atomic E-state index is 12.7. The molecule has 0 aliphatic heterocycles. The Morgan fingerprint density at radius 3 is 2.09 bits per heavy atom. The molecule has 0 bridgehead atoms. The molecule has 0 aliphatic rings. The highest BCUT2D eigenvalue weighted by molar-refractivity contribution is 7.89. The third-order valence-corrected chi connectivity index (χ3v) is 7.68. The first-order valence-corrected chi connectivity index (χ1v) is 15.2. The Balaban J connectivity index is 1.36. The molecule has 1 aromatic heterocycles. The zero-order valence-electron chi connectivity index (χ0n) is 23.2. The first-order valence-electron chi connectivity index (χ1n) is 13.6. The Bertz CT molecular complexity index is 1760. The molecule has 5 rings (SSSR count). The lowest BCUT2D eigenvalue weighted by molar-refractivity contribution is 0.0403. The van der Waals surface area contributed by atoms with E-state index < -0.39 is 16.1 Å². The van der Waals surface area contributed by atoms with Crippen molar-refractivity contribution >= 4 is 22.0 Å². The van der Waals surface area contributed by atoms with Gasteiger partial charge in [-0.15, -0.1) is 5.10 Å². The fourth-order valence-electron chi connectivity index (χ4n) is 4.64. The van der Waals surface area contributed by atoms with Crippen molar-refractivity contribution in [2.24, 2.45) is 5.14 Å². The summed E-state index contributed by atoms with van der Waals surface area (Å²) in [6, 6.07) is 35.0. The number of ether oxygens (including phenoxy) is 1. The number of carbonyl (C=O) groups is 1. The number of sulfonamides is 1. The summed E-state index contributed by atoms with van der Waals surface area (Å²) in [6.45, 7) is 0.494. The van der Waals surface area contributed by atoms with E-state index in [1.54, 1.807) is 10.9 Å². The maximum absolute atomic E-state index is 12.7. The van der Waals surface area contributed by atoms with E-state index in [2.05, 4.69) is 15.6 Å². The molecule has 4 aromatic carbocycles. The number of aromatic nitrogens is 3. The number of carbonyl (C=O) groups excluding carboxylic acids is 1. The van der Waals surface area contributed by atoms with E-state index in [4.69, 9.17) is 9.88 Å². The Morgan fingerprint density at radius 2 is 1.47 bits per heavy atom. The molecule has 3 N–H and O–H groups in total. The smallest absolute Gasteiger partial charge is 0.251 e. The van der Waals surface area contributed by atoms with Gasteiger partial charge in [0.1, 0.15) is 17.8 Å². The topological polar surface area (TPSA) is 129 Å². The van der Waals surface area contributed by atoms with Crippen LogP contribution < -0.4 is 10.5 Å². The zero-order valence-corrected chi connectivity index (χ0v) is 24.0.